The molecule has 1 unspecified atom stereocenters. The van der Waals surface area contributed by atoms with Gasteiger partial charge in [0.2, 0.25) is 0 Å². The lowest BCUT2D eigenvalue weighted by Crippen LogP contribution is -2.31. The maximum atomic E-state index is 14.1. The summed E-state index contributed by atoms with van der Waals surface area (Å²) in [6, 6.07) is 11.3. The van der Waals surface area contributed by atoms with E-state index in [1.807, 2.05) is 6.07 Å². The van der Waals surface area contributed by atoms with Gasteiger partial charge in [-0.05, 0) is 36.2 Å². The highest BCUT2D eigenvalue weighted by atomic mass is 35.5. The van der Waals surface area contributed by atoms with E-state index in [2.05, 4.69) is 10.3 Å². The van der Waals surface area contributed by atoms with E-state index in [4.69, 9.17) is 0 Å². The number of fused-ring (bicyclic) bond motifs is 3. The molecule has 0 aliphatic carbocycles. The first-order chi connectivity index (χ1) is 10.2. The van der Waals surface area contributed by atoms with Crippen LogP contribution in [0.1, 0.15) is 22.9 Å². The van der Waals surface area contributed by atoms with Gasteiger partial charge in [-0.25, -0.2) is 8.78 Å². The van der Waals surface area contributed by atoms with Gasteiger partial charge >= 0.3 is 0 Å². The van der Waals surface area contributed by atoms with Crippen LogP contribution in [0.5, 0.6) is 0 Å². The second-order valence-electron chi connectivity index (χ2n) is 5.37. The number of aromatic nitrogens is 1. The summed E-state index contributed by atoms with van der Waals surface area (Å²) in [4.78, 5) is 3.32. The molecule has 0 fully saturated rings. The maximum Gasteiger partial charge on any atom is 0.128 e. The molecule has 1 aliphatic rings. The van der Waals surface area contributed by atoms with Crippen LogP contribution in [0, 0.1) is 11.6 Å². The number of hydrogen-bond acceptors (Lipinski definition) is 1. The summed E-state index contributed by atoms with van der Waals surface area (Å²) in [7, 11) is 0. The molecule has 4 rings (SSSR count). The Bertz CT molecular complexity index is 829. The zero-order valence-corrected chi connectivity index (χ0v) is 12.5. The Hall–Kier alpha value is -1.91. The Morgan fingerprint density at radius 3 is 2.68 bits per heavy atom. The molecule has 1 aromatic heterocycles. The number of aromatic amines is 1. The number of nitrogens with one attached hydrogen (secondary N) is 2. The van der Waals surface area contributed by atoms with Gasteiger partial charge < -0.3 is 10.3 Å². The van der Waals surface area contributed by atoms with Gasteiger partial charge in [0.15, 0.2) is 0 Å². The molecule has 1 atom stereocenters. The van der Waals surface area contributed by atoms with Crippen molar-refractivity contribution in [2.45, 2.75) is 12.5 Å². The first-order valence-electron chi connectivity index (χ1n) is 7.02. The van der Waals surface area contributed by atoms with Gasteiger partial charge in [-0.2, -0.15) is 0 Å². The minimum atomic E-state index is -0.245. The molecule has 0 radical (unpaired) electrons. The molecule has 0 amide bonds. The van der Waals surface area contributed by atoms with Gasteiger partial charge in [0, 0.05) is 28.7 Å². The average Bonchev–Trinajstić information content (AvgIpc) is 2.86. The quantitative estimate of drug-likeness (QED) is 0.694. The Morgan fingerprint density at radius 1 is 1.05 bits per heavy atom. The van der Waals surface area contributed by atoms with E-state index in [0.29, 0.717) is 5.56 Å². The summed E-state index contributed by atoms with van der Waals surface area (Å²) in [6.07, 6.45) is 0.809. The second kappa shape index (κ2) is 5.71. The van der Waals surface area contributed by atoms with Crippen LogP contribution in [0.4, 0.5) is 8.78 Å². The molecule has 0 saturated carbocycles. The van der Waals surface area contributed by atoms with Crippen LogP contribution >= 0.6 is 12.4 Å². The molecule has 3 aromatic rings. The lowest BCUT2D eigenvalue weighted by Gasteiger charge is -2.25. The molecule has 0 bridgehead atoms. The van der Waals surface area contributed by atoms with Crippen molar-refractivity contribution in [3.63, 3.8) is 0 Å². The topological polar surface area (TPSA) is 27.8 Å². The van der Waals surface area contributed by atoms with E-state index in [9.17, 15) is 8.78 Å². The van der Waals surface area contributed by atoms with Crippen molar-refractivity contribution in [1.82, 2.24) is 10.3 Å². The molecular formula is C17H15ClF2N2. The summed E-state index contributed by atoms with van der Waals surface area (Å²) in [6.45, 7) is 0.746. The van der Waals surface area contributed by atoms with Crippen molar-refractivity contribution in [3.05, 3.63) is 70.9 Å². The monoisotopic (exact) mass is 320 g/mol. The molecule has 2 heterocycles. The van der Waals surface area contributed by atoms with Crippen LogP contribution in [0.2, 0.25) is 0 Å². The summed E-state index contributed by atoms with van der Waals surface area (Å²) < 4.78 is 27.6. The SMILES string of the molecule is Cl.Fc1ccc2[nH]c3c(c2c1)CCNC3c1ccccc1F. The van der Waals surface area contributed by atoms with Crippen LogP contribution in [0.3, 0.4) is 0 Å². The zero-order valence-electron chi connectivity index (χ0n) is 11.7. The van der Waals surface area contributed by atoms with E-state index in [1.54, 1.807) is 24.3 Å². The van der Waals surface area contributed by atoms with Crippen LogP contribution in [-0.2, 0) is 6.42 Å². The van der Waals surface area contributed by atoms with Gasteiger partial charge in [0.1, 0.15) is 11.6 Å². The fourth-order valence-corrected chi connectivity index (χ4v) is 3.17. The van der Waals surface area contributed by atoms with E-state index < -0.39 is 0 Å². The van der Waals surface area contributed by atoms with Crippen molar-refractivity contribution in [2.24, 2.45) is 0 Å². The molecule has 1 aliphatic heterocycles. The molecule has 0 saturated heterocycles. The highest BCUT2D eigenvalue weighted by Crippen LogP contribution is 2.34. The lowest BCUT2D eigenvalue weighted by molar-refractivity contribution is 0.523. The van der Waals surface area contributed by atoms with E-state index in [-0.39, 0.29) is 30.1 Å². The average molecular weight is 321 g/mol. The van der Waals surface area contributed by atoms with Gasteiger partial charge in [-0.3, -0.25) is 0 Å². The third-order valence-corrected chi connectivity index (χ3v) is 4.13. The molecule has 5 heteroatoms. The fourth-order valence-electron chi connectivity index (χ4n) is 3.17. The summed E-state index contributed by atoms with van der Waals surface area (Å²) in [5.74, 6) is -0.474. The number of rotatable bonds is 1. The van der Waals surface area contributed by atoms with Gasteiger partial charge in [0.05, 0.1) is 6.04 Å². The van der Waals surface area contributed by atoms with Crippen molar-refractivity contribution in [1.29, 1.82) is 0 Å². The van der Waals surface area contributed by atoms with E-state index in [0.717, 1.165) is 35.1 Å². The van der Waals surface area contributed by atoms with Crippen LogP contribution in [0.15, 0.2) is 42.5 Å². The largest absolute Gasteiger partial charge is 0.357 e. The van der Waals surface area contributed by atoms with Crippen molar-refractivity contribution >= 4 is 23.3 Å². The third-order valence-electron chi connectivity index (χ3n) is 4.13. The molecule has 114 valence electrons. The zero-order chi connectivity index (χ0) is 14.4. The molecular weight excluding hydrogens is 306 g/mol. The second-order valence-corrected chi connectivity index (χ2v) is 5.37. The van der Waals surface area contributed by atoms with Crippen molar-refractivity contribution < 1.29 is 8.78 Å². The van der Waals surface area contributed by atoms with Gasteiger partial charge in [-0.15, -0.1) is 12.4 Å². The van der Waals surface area contributed by atoms with Crippen molar-refractivity contribution in [2.75, 3.05) is 6.54 Å². The van der Waals surface area contributed by atoms with Crippen LogP contribution < -0.4 is 5.32 Å². The number of halogens is 3. The summed E-state index contributed by atoms with van der Waals surface area (Å²) in [5.41, 5.74) is 3.53. The molecule has 2 aromatic carbocycles. The van der Waals surface area contributed by atoms with Gasteiger partial charge in [0.25, 0.3) is 0 Å². The molecule has 0 spiro atoms. The predicted octanol–water partition coefficient (Wildman–Crippen LogP) is 4.10. The fraction of sp³-hybridized carbons (Fsp3) is 0.176. The highest BCUT2D eigenvalue weighted by molar-refractivity contribution is 5.86. The Kier molecular flexibility index (Phi) is 3.89. The Morgan fingerprint density at radius 2 is 1.86 bits per heavy atom. The number of benzene rings is 2. The predicted molar refractivity (Wildman–Crippen MR) is 85.5 cm³/mol. The van der Waals surface area contributed by atoms with Crippen LogP contribution in [0.25, 0.3) is 10.9 Å². The summed E-state index contributed by atoms with van der Waals surface area (Å²) in [5, 5.41) is 4.24. The minimum Gasteiger partial charge on any atom is -0.357 e. The van der Waals surface area contributed by atoms with Crippen LogP contribution in [-0.4, -0.2) is 11.5 Å². The number of H-pyrrole nitrogens is 1. The summed E-state index contributed by atoms with van der Waals surface area (Å²) >= 11 is 0. The Balaban J connectivity index is 0.00000144. The first-order valence-corrected chi connectivity index (χ1v) is 7.02. The smallest absolute Gasteiger partial charge is 0.128 e. The number of hydrogen-bond donors (Lipinski definition) is 2. The van der Waals surface area contributed by atoms with Crippen molar-refractivity contribution in [3.8, 4) is 0 Å². The van der Waals surface area contributed by atoms with Gasteiger partial charge in [-0.1, -0.05) is 18.2 Å². The standard InChI is InChI=1S/C17H14F2N2.ClH/c18-10-5-6-15-13(9-10)11-7-8-20-16(17(11)21-15)12-3-1-2-4-14(12)19;/h1-6,9,16,20-21H,7-8H2;1H. The molecule has 2 nitrogen and oxygen atoms in total. The Labute approximate surface area is 133 Å². The third kappa shape index (κ3) is 2.28. The molecule has 22 heavy (non-hydrogen) atoms. The molecule has 2 N–H and O–H groups in total. The highest BCUT2D eigenvalue weighted by Gasteiger charge is 2.26. The first kappa shape index (κ1) is 15.0. The lowest BCUT2D eigenvalue weighted by atomic mass is 9.94. The minimum absolute atomic E-state index is 0. The normalized spacial score (nSPS) is 17.1. The van der Waals surface area contributed by atoms with E-state index in [1.165, 1.54) is 12.1 Å². The maximum absolute atomic E-state index is 14.1. The van der Waals surface area contributed by atoms with E-state index >= 15 is 0 Å².